The van der Waals surface area contributed by atoms with Crippen LogP contribution in [0.1, 0.15) is 57.5 Å². The maximum absolute atomic E-state index is 13.4. The molecular formula is C24H33FN4O4. The third kappa shape index (κ3) is 6.31. The Kier molecular flexibility index (Phi) is 7.73. The third-order valence-electron chi connectivity index (χ3n) is 5.80. The van der Waals surface area contributed by atoms with Gasteiger partial charge in [0, 0.05) is 32.4 Å². The van der Waals surface area contributed by atoms with Gasteiger partial charge in [-0.15, -0.1) is 0 Å². The van der Waals surface area contributed by atoms with Crippen molar-refractivity contribution in [1.29, 1.82) is 0 Å². The molecule has 1 amide bonds. The molecule has 1 saturated heterocycles. The Bertz CT molecular complexity index is 946. The molecule has 8 nitrogen and oxygen atoms in total. The number of amides is 1. The van der Waals surface area contributed by atoms with Crippen molar-refractivity contribution in [3.8, 4) is 0 Å². The lowest BCUT2D eigenvalue weighted by Gasteiger charge is -2.39. The average molecular weight is 461 g/mol. The lowest BCUT2D eigenvalue weighted by atomic mass is 10.0. The standard InChI is InChI=1S/C24H33FN4O4/c1-17(18-6-8-19(25)9-7-18)29-16-26-15-21(29)20(14-22(30)32-5)27-10-12-28(13-11-27)23(31)33-24(2,3)4/h6-9,15-17,20H,10-14H2,1-5H3/t17-,20?/m1/s1. The zero-order valence-electron chi connectivity index (χ0n) is 20.0. The number of rotatable bonds is 6. The number of carbonyl (C=O) groups is 2. The van der Waals surface area contributed by atoms with Crippen molar-refractivity contribution >= 4 is 12.1 Å². The average Bonchev–Trinajstić information content (AvgIpc) is 3.26. The first kappa shape index (κ1) is 24.7. The summed E-state index contributed by atoms with van der Waals surface area (Å²) in [6.45, 7) is 9.69. The number of imidazole rings is 1. The second kappa shape index (κ2) is 10.3. The van der Waals surface area contributed by atoms with Gasteiger partial charge >= 0.3 is 12.1 Å². The molecule has 0 spiro atoms. The maximum Gasteiger partial charge on any atom is 0.410 e. The summed E-state index contributed by atoms with van der Waals surface area (Å²) in [6, 6.07) is 5.99. The van der Waals surface area contributed by atoms with Gasteiger partial charge in [-0.25, -0.2) is 14.2 Å². The molecular weight excluding hydrogens is 427 g/mol. The number of benzene rings is 1. The summed E-state index contributed by atoms with van der Waals surface area (Å²) in [5.41, 5.74) is 1.25. The van der Waals surface area contributed by atoms with Crippen molar-refractivity contribution in [2.45, 2.75) is 51.8 Å². The number of halogens is 1. The molecule has 1 aliphatic rings. The van der Waals surface area contributed by atoms with E-state index in [0.29, 0.717) is 26.2 Å². The van der Waals surface area contributed by atoms with E-state index in [1.165, 1.54) is 19.2 Å². The Morgan fingerprint density at radius 1 is 1.12 bits per heavy atom. The van der Waals surface area contributed by atoms with E-state index in [1.807, 2.05) is 32.3 Å². The monoisotopic (exact) mass is 460 g/mol. The Labute approximate surface area is 194 Å². The Morgan fingerprint density at radius 2 is 1.76 bits per heavy atom. The van der Waals surface area contributed by atoms with Crippen molar-refractivity contribution in [2.24, 2.45) is 0 Å². The number of ether oxygens (including phenoxy) is 2. The summed E-state index contributed by atoms with van der Waals surface area (Å²) in [4.78, 5) is 32.9. The highest BCUT2D eigenvalue weighted by Gasteiger charge is 2.33. The number of aromatic nitrogens is 2. The second-order valence-electron chi connectivity index (χ2n) is 9.25. The highest BCUT2D eigenvalue weighted by Crippen LogP contribution is 2.30. The van der Waals surface area contributed by atoms with Gasteiger partial charge in [-0.1, -0.05) is 12.1 Å². The fourth-order valence-corrected chi connectivity index (χ4v) is 4.00. The predicted molar refractivity (Wildman–Crippen MR) is 121 cm³/mol. The quantitative estimate of drug-likeness (QED) is 0.611. The van der Waals surface area contributed by atoms with E-state index in [1.54, 1.807) is 29.6 Å². The Morgan fingerprint density at radius 3 is 2.33 bits per heavy atom. The van der Waals surface area contributed by atoms with Gasteiger partial charge in [0.25, 0.3) is 0 Å². The minimum Gasteiger partial charge on any atom is -0.469 e. The molecule has 1 aromatic heterocycles. The van der Waals surface area contributed by atoms with Gasteiger partial charge in [-0.2, -0.15) is 0 Å². The van der Waals surface area contributed by atoms with Crippen LogP contribution in [0.15, 0.2) is 36.8 Å². The molecule has 0 bridgehead atoms. The van der Waals surface area contributed by atoms with Crippen LogP contribution in [0.25, 0.3) is 0 Å². The van der Waals surface area contributed by atoms with Crippen LogP contribution >= 0.6 is 0 Å². The molecule has 0 aliphatic carbocycles. The molecule has 0 N–H and O–H groups in total. The number of hydrogen-bond donors (Lipinski definition) is 0. The normalized spacial score (nSPS) is 16.8. The molecule has 2 heterocycles. The Balaban J connectivity index is 1.79. The van der Waals surface area contributed by atoms with Crippen LogP contribution in [-0.2, 0) is 14.3 Å². The highest BCUT2D eigenvalue weighted by atomic mass is 19.1. The van der Waals surface area contributed by atoms with Gasteiger partial charge in [0.1, 0.15) is 11.4 Å². The van der Waals surface area contributed by atoms with E-state index in [4.69, 9.17) is 9.47 Å². The Hall–Kier alpha value is -2.94. The summed E-state index contributed by atoms with van der Waals surface area (Å²) >= 11 is 0. The smallest absolute Gasteiger partial charge is 0.410 e. The number of esters is 1. The summed E-state index contributed by atoms with van der Waals surface area (Å²) in [7, 11) is 1.37. The van der Waals surface area contributed by atoms with E-state index in [0.717, 1.165) is 11.3 Å². The third-order valence-corrected chi connectivity index (χ3v) is 5.80. The first-order valence-electron chi connectivity index (χ1n) is 11.1. The maximum atomic E-state index is 13.4. The minimum atomic E-state index is -0.551. The molecule has 1 aromatic carbocycles. The molecule has 2 aromatic rings. The topological polar surface area (TPSA) is 76.9 Å². The number of piperazine rings is 1. The predicted octanol–water partition coefficient (Wildman–Crippen LogP) is 3.79. The van der Waals surface area contributed by atoms with Crippen molar-refractivity contribution in [3.63, 3.8) is 0 Å². The number of methoxy groups -OCH3 is 1. The van der Waals surface area contributed by atoms with E-state index in [-0.39, 0.29) is 36.4 Å². The van der Waals surface area contributed by atoms with Gasteiger partial charge in [0.15, 0.2) is 0 Å². The number of hydrogen-bond acceptors (Lipinski definition) is 6. The second-order valence-corrected chi connectivity index (χ2v) is 9.25. The molecule has 9 heteroatoms. The molecule has 0 radical (unpaired) electrons. The van der Waals surface area contributed by atoms with Crippen LogP contribution in [0.3, 0.4) is 0 Å². The summed E-state index contributed by atoms with van der Waals surface area (Å²) in [6.07, 6.45) is 3.31. The van der Waals surface area contributed by atoms with E-state index in [2.05, 4.69) is 9.88 Å². The fourth-order valence-electron chi connectivity index (χ4n) is 4.00. The fraction of sp³-hybridized carbons (Fsp3) is 0.542. The van der Waals surface area contributed by atoms with Crippen molar-refractivity contribution < 1.29 is 23.5 Å². The number of carbonyl (C=O) groups excluding carboxylic acids is 2. The largest absolute Gasteiger partial charge is 0.469 e. The van der Waals surface area contributed by atoms with E-state index < -0.39 is 5.60 Å². The van der Waals surface area contributed by atoms with Gasteiger partial charge in [0.2, 0.25) is 0 Å². The molecule has 2 atom stereocenters. The summed E-state index contributed by atoms with van der Waals surface area (Å²) in [5, 5.41) is 0. The van der Waals surface area contributed by atoms with Crippen molar-refractivity contribution in [2.75, 3.05) is 33.3 Å². The zero-order chi connectivity index (χ0) is 24.2. The number of nitrogens with zero attached hydrogens (tertiary/aromatic N) is 4. The highest BCUT2D eigenvalue weighted by molar-refractivity contribution is 5.70. The van der Waals surface area contributed by atoms with Crippen molar-refractivity contribution in [1.82, 2.24) is 19.4 Å². The van der Waals surface area contributed by atoms with E-state index in [9.17, 15) is 14.0 Å². The van der Waals surface area contributed by atoms with Crippen molar-refractivity contribution in [3.05, 3.63) is 53.9 Å². The van der Waals surface area contributed by atoms with Crippen LogP contribution in [-0.4, -0.2) is 70.3 Å². The van der Waals surface area contributed by atoms with Crippen LogP contribution in [0.2, 0.25) is 0 Å². The van der Waals surface area contributed by atoms with Gasteiger partial charge in [0.05, 0.1) is 37.6 Å². The first-order valence-corrected chi connectivity index (χ1v) is 11.1. The van der Waals surface area contributed by atoms with E-state index >= 15 is 0 Å². The molecule has 0 saturated carbocycles. The lowest BCUT2D eigenvalue weighted by molar-refractivity contribution is -0.142. The van der Waals surface area contributed by atoms with Gasteiger partial charge < -0.3 is 18.9 Å². The molecule has 180 valence electrons. The van der Waals surface area contributed by atoms with Crippen LogP contribution in [0, 0.1) is 5.82 Å². The summed E-state index contributed by atoms with van der Waals surface area (Å²) < 4.78 is 25.8. The van der Waals surface area contributed by atoms with Gasteiger partial charge in [-0.3, -0.25) is 9.69 Å². The summed E-state index contributed by atoms with van der Waals surface area (Å²) in [5.74, 6) is -0.611. The molecule has 33 heavy (non-hydrogen) atoms. The van der Waals surface area contributed by atoms with Crippen LogP contribution in [0.4, 0.5) is 9.18 Å². The van der Waals surface area contributed by atoms with Crippen LogP contribution < -0.4 is 0 Å². The molecule has 1 unspecified atom stereocenters. The molecule has 3 rings (SSSR count). The van der Waals surface area contributed by atoms with Crippen LogP contribution in [0.5, 0.6) is 0 Å². The van der Waals surface area contributed by atoms with Gasteiger partial charge in [-0.05, 0) is 45.4 Å². The minimum absolute atomic E-state index is 0.105. The zero-order valence-corrected chi connectivity index (χ0v) is 20.0. The molecule has 1 aliphatic heterocycles. The first-order chi connectivity index (χ1) is 15.6. The molecule has 1 fully saturated rings. The SMILES string of the molecule is COC(=O)CC(c1cncn1[C@H](C)c1ccc(F)cc1)N1CCN(C(=O)OC(C)(C)C)CC1. The lowest BCUT2D eigenvalue weighted by Crippen LogP contribution is -2.51.